The molecule has 0 radical (unpaired) electrons. The van der Waals surface area contributed by atoms with Gasteiger partial charge < -0.3 is 0 Å². The van der Waals surface area contributed by atoms with Gasteiger partial charge in [-0.05, 0) is 25.2 Å². The van der Waals surface area contributed by atoms with Crippen LogP contribution < -0.4 is 0 Å². The molecule has 0 nitrogen and oxygen atoms in total. The van der Waals surface area contributed by atoms with Crippen LogP contribution in [0.3, 0.4) is 0 Å². The van der Waals surface area contributed by atoms with Crippen molar-refractivity contribution in [3.63, 3.8) is 0 Å². The predicted molar refractivity (Wildman–Crippen MR) is 36.6 cm³/mol. The lowest BCUT2D eigenvalue weighted by Gasteiger charge is -2.09. The lowest BCUT2D eigenvalue weighted by atomic mass is 10.1. The van der Waals surface area contributed by atoms with Crippen molar-refractivity contribution in [1.82, 2.24) is 0 Å². The Balaban J connectivity index is 2.44. The van der Waals surface area contributed by atoms with Crippen molar-refractivity contribution in [1.29, 1.82) is 0 Å². The maximum absolute atomic E-state index is 12.8. The molecule has 2 heteroatoms. The van der Waals surface area contributed by atoms with E-state index in [4.69, 9.17) is 0 Å². The molecule has 0 aromatic carbocycles. The third kappa shape index (κ3) is 1.42. The first-order chi connectivity index (χ1) is 3.60. The van der Waals surface area contributed by atoms with Crippen molar-refractivity contribution in [2.45, 2.75) is 31.6 Å². The van der Waals surface area contributed by atoms with Crippen LogP contribution in [0.5, 0.6) is 0 Å². The molecule has 1 aliphatic carbocycles. The standard InChI is InChI=1S/C6H12FP/c1-5-2-3-6(7,8)4-5/h5H,2-4,8H2,1H3. The lowest BCUT2D eigenvalue weighted by molar-refractivity contribution is 0.288. The first-order valence-electron chi connectivity index (χ1n) is 3.08. The summed E-state index contributed by atoms with van der Waals surface area (Å²) in [4.78, 5) is 0. The predicted octanol–water partition coefficient (Wildman–Crippen LogP) is 2.35. The second kappa shape index (κ2) is 1.95. The maximum Gasteiger partial charge on any atom is 0.124 e. The Bertz CT molecular complexity index is 90.5. The summed E-state index contributed by atoms with van der Waals surface area (Å²) in [6.45, 7) is 2.10. The second-order valence-corrected chi connectivity index (χ2v) is 3.92. The van der Waals surface area contributed by atoms with E-state index in [1.54, 1.807) is 0 Å². The summed E-state index contributed by atoms with van der Waals surface area (Å²) in [7, 11) is 2.29. The average Bonchev–Trinajstić information content (AvgIpc) is 1.82. The first-order valence-corrected chi connectivity index (χ1v) is 3.66. The summed E-state index contributed by atoms with van der Waals surface area (Å²) in [5.41, 5.74) is 0. The van der Waals surface area contributed by atoms with Gasteiger partial charge in [0.2, 0.25) is 0 Å². The van der Waals surface area contributed by atoms with E-state index >= 15 is 0 Å². The van der Waals surface area contributed by atoms with E-state index in [0.717, 1.165) is 19.3 Å². The highest BCUT2D eigenvalue weighted by Gasteiger charge is 2.32. The van der Waals surface area contributed by atoms with Gasteiger partial charge in [0.1, 0.15) is 5.41 Å². The molecule has 0 aromatic heterocycles. The Hall–Kier alpha value is 0.360. The van der Waals surface area contributed by atoms with Crippen LogP contribution in [-0.4, -0.2) is 5.41 Å². The van der Waals surface area contributed by atoms with Gasteiger partial charge in [0.25, 0.3) is 0 Å². The van der Waals surface area contributed by atoms with Crippen LogP contribution in [-0.2, 0) is 0 Å². The summed E-state index contributed by atoms with van der Waals surface area (Å²) >= 11 is 0. The first kappa shape index (κ1) is 6.48. The van der Waals surface area contributed by atoms with Crippen molar-refractivity contribution >= 4 is 9.24 Å². The van der Waals surface area contributed by atoms with Crippen molar-refractivity contribution in [2.75, 3.05) is 0 Å². The van der Waals surface area contributed by atoms with Crippen LogP contribution in [0, 0.1) is 5.92 Å². The molecule has 0 spiro atoms. The molecule has 1 fully saturated rings. The fourth-order valence-electron chi connectivity index (χ4n) is 1.27. The van der Waals surface area contributed by atoms with E-state index in [0.29, 0.717) is 5.92 Å². The third-order valence-corrected chi connectivity index (χ3v) is 2.26. The zero-order valence-electron chi connectivity index (χ0n) is 5.15. The Morgan fingerprint density at radius 1 is 1.75 bits per heavy atom. The Morgan fingerprint density at radius 3 is 2.50 bits per heavy atom. The minimum Gasteiger partial charge on any atom is -0.240 e. The molecule has 3 atom stereocenters. The molecule has 1 aliphatic rings. The monoisotopic (exact) mass is 134 g/mol. The Kier molecular flexibility index (Phi) is 1.58. The van der Waals surface area contributed by atoms with Gasteiger partial charge in [-0.25, -0.2) is 4.39 Å². The van der Waals surface area contributed by atoms with Gasteiger partial charge in [-0.2, -0.15) is 0 Å². The summed E-state index contributed by atoms with van der Waals surface area (Å²) in [6.07, 6.45) is 2.52. The van der Waals surface area contributed by atoms with E-state index in [1.807, 2.05) is 0 Å². The molecule has 0 amide bonds. The molecule has 0 aliphatic heterocycles. The Labute approximate surface area is 52.1 Å². The van der Waals surface area contributed by atoms with E-state index < -0.39 is 5.41 Å². The minimum atomic E-state index is -0.917. The molecular formula is C6H12FP. The average molecular weight is 134 g/mol. The molecule has 0 heterocycles. The highest BCUT2D eigenvalue weighted by atomic mass is 31.0. The van der Waals surface area contributed by atoms with Gasteiger partial charge in [-0.15, -0.1) is 0 Å². The van der Waals surface area contributed by atoms with E-state index in [9.17, 15) is 4.39 Å². The largest absolute Gasteiger partial charge is 0.240 e. The van der Waals surface area contributed by atoms with Gasteiger partial charge in [-0.1, -0.05) is 16.2 Å². The van der Waals surface area contributed by atoms with Gasteiger partial charge in [0, 0.05) is 0 Å². The van der Waals surface area contributed by atoms with E-state index in [2.05, 4.69) is 16.2 Å². The molecule has 8 heavy (non-hydrogen) atoms. The van der Waals surface area contributed by atoms with Gasteiger partial charge in [0.15, 0.2) is 0 Å². The van der Waals surface area contributed by atoms with Crippen LogP contribution >= 0.6 is 9.24 Å². The second-order valence-electron chi connectivity index (χ2n) is 2.88. The fourth-order valence-corrected chi connectivity index (χ4v) is 1.84. The minimum absolute atomic E-state index is 0.595. The molecule has 0 saturated heterocycles. The zero-order chi connectivity index (χ0) is 6.20. The topological polar surface area (TPSA) is 0 Å². The summed E-state index contributed by atoms with van der Waals surface area (Å²) in [5, 5.41) is -0.917. The third-order valence-electron chi connectivity index (χ3n) is 1.74. The highest BCUT2D eigenvalue weighted by molar-refractivity contribution is 7.18. The summed E-state index contributed by atoms with van der Waals surface area (Å²) in [5.74, 6) is 0.595. The molecular weight excluding hydrogens is 122 g/mol. The van der Waals surface area contributed by atoms with Crippen LogP contribution in [0.4, 0.5) is 4.39 Å². The van der Waals surface area contributed by atoms with Crippen molar-refractivity contribution in [3.8, 4) is 0 Å². The van der Waals surface area contributed by atoms with E-state index in [1.165, 1.54) is 0 Å². The van der Waals surface area contributed by atoms with Gasteiger partial charge >= 0.3 is 0 Å². The quantitative estimate of drug-likeness (QED) is 0.446. The number of hydrogen-bond acceptors (Lipinski definition) is 0. The molecule has 1 rings (SSSR count). The van der Waals surface area contributed by atoms with Crippen LogP contribution in [0.1, 0.15) is 26.2 Å². The highest BCUT2D eigenvalue weighted by Crippen LogP contribution is 2.41. The van der Waals surface area contributed by atoms with Crippen molar-refractivity contribution in [2.24, 2.45) is 5.92 Å². The van der Waals surface area contributed by atoms with Crippen molar-refractivity contribution < 1.29 is 4.39 Å². The molecule has 3 unspecified atom stereocenters. The molecule has 1 saturated carbocycles. The maximum atomic E-state index is 12.8. The van der Waals surface area contributed by atoms with Crippen LogP contribution in [0.2, 0.25) is 0 Å². The number of halogens is 1. The van der Waals surface area contributed by atoms with Gasteiger partial charge in [-0.3, -0.25) is 0 Å². The Morgan fingerprint density at radius 2 is 2.38 bits per heavy atom. The number of alkyl halides is 1. The van der Waals surface area contributed by atoms with Crippen LogP contribution in [0.25, 0.3) is 0 Å². The SMILES string of the molecule is CC1CCC(F)(P)C1. The van der Waals surface area contributed by atoms with Gasteiger partial charge in [0.05, 0.1) is 0 Å². The summed E-state index contributed by atoms with van der Waals surface area (Å²) in [6, 6.07) is 0. The number of hydrogen-bond donors (Lipinski definition) is 0. The van der Waals surface area contributed by atoms with Crippen LogP contribution in [0.15, 0.2) is 0 Å². The van der Waals surface area contributed by atoms with Crippen molar-refractivity contribution in [3.05, 3.63) is 0 Å². The smallest absolute Gasteiger partial charge is 0.124 e. The molecule has 0 bridgehead atoms. The van der Waals surface area contributed by atoms with E-state index in [-0.39, 0.29) is 0 Å². The fraction of sp³-hybridized carbons (Fsp3) is 1.00. The zero-order valence-corrected chi connectivity index (χ0v) is 6.31. The molecule has 0 aromatic rings. The number of rotatable bonds is 0. The lowest BCUT2D eigenvalue weighted by Crippen LogP contribution is -2.05. The summed E-state index contributed by atoms with van der Waals surface area (Å²) < 4.78 is 12.8. The molecule has 0 N–H and O–H groups in total. The normalized spacial score (nSPS) is 47.6. The molecule has 48 valence electrons.